The van der Waals surface area contributed by atoms with Gasteiger partial charge in [-0.25, -0.2) is 0 Å². The largest absolute Gasteiger partial charge is 0.456 e. The first-order valence-electron chi connectivity index (χ1n) is 18.3. The smallest absolute Gasteiger partial charge is 0.143 e. The lowest BCUT2D eigenvalue weighted by Gasteiger charge is -2.18. The van der Waals surface area contributed by atoms with Crippen LogP contribution in [0.4, 0.5) is 0 Å². The van der Waals surface area contributed by atoms with E-state index >= 15 is 0 Å². The zero-order chi connectivity index (χ0) is 35.1. The van der Waals surface area contributed by atoms with E-state index in [1.807, 2.05) is 35.6 Å². The predicted octanol–water partition coefficient (Wildman–Crippen LogP) is 15.4. The van der Waals surface area contributed by atoms with Gasteiger partial charge in [0.05, 0.1) is 0 Å². The van der Waals surface area contributed by atoms with E-state index in [9.17, 15) is 0 Å². The second-order valence-corrected chi connectivity index (χ2v) is 15.3. The maximum Gasteiger partial charge on any atom is 0.143 e. The fourth-order valence-corrected chi connectivity index (χ4v) is 10.4. The lowest BCUT2D eigenvalue weighted by atomic mass is 9.85. The van der Waals surface area contributed by atoms with E-state index in [-0.39, 0.29) is 0 Å². The SMILES string of the molecule is c1ccc2c(c1)oc1ccc3oc4c(-c5c6ccccc6c(-c6cccc7c6oc6ccc8sc9ccccc9c8c67)c6ccccc56)cccc4c3c12. The number of thiophene rings is 1. The average Bonchev–Trinajstić information content (AvgIpc) is 3.99. The minimum atomic E-state index is 0.853. The van der Waals surface area contributed by atoms with Crippen molar-refractivity contribution in [3.63, 3.8) is 0 Å². The third-order valence-electron chi connectivity index (χ3n) is 11.5. The van der Waals surface area contributed by atoms with Crippen LogP contribution in [0.1, 0.15) is 0 Å². The Morgan fingerprint density at radius 3 is 1.33 bits per heavy atom. The van der Waals surface area contributed by atoms with E-state index in [1.165, 1.54) is 41.9 Å². The molecule has 0 spiro atoms. The highest BCUT2D eigenvalue weighted by molar-refractivity contribution is 7.26. The monoisotopic (exact) mass is 706 g/mol. The second kappa shape index (κ2) is 10.4. The van der Waals surface area contributed by atoms with Gasteiger partial charge in [-0.3, -0.25) is 0 Å². The Bertz CT molecular complexity index is 3440. The Hall–Kier alpha value is -6.88. The summed E-state index contributed by atoms with van der Waals surface area (Å²) in [6, 6.07) is 56.2. The molecule has 13 rings (SSSR count). The maximum absolute atomic E-state index is 6.91. The van der Waals surface area contributed by atoms with Crippen LogP contribution in [0.25, 0.3) is 130 Å². The Kier molecular flexibility index (Phi) is 5.51. The van der Waals surface area contributed by atoms with Crippen LogP contribution >= 0.6 is 11.3 Å². The van der Waals surface area contributed by atoms with Crippen LogP contribution in [0.15, 0.2) is 171 Å². The standard InChI is InChI=1S/C50H26O3S/c1-3-13-29-27(11-1)43(33-17-9-19-35-46-39(52-49(33)35)24-23-38-45(46)31-15-5-7-21-37(31)51-38)28-12-2-4-14-30(28)44(29)34-18-10-20-36-47-40(53-50(34)36)25-26-42-48(47)32-16-6-8-22-41(32)54-42/h1-26H. The van der Waals surface area contributed by atoms with Gasteiger partial charge in [0.1, 0.15) is 33.5 Å². The van der Waals surface area contributed by atoms with Gasteiger partial charge in [0.2, 0.25) is 0 Å². The number of fused-ring (bicyclic) bond motifs is 16. The van der Waals surface area contributed by atoms with Crippen molar-refractivity contribution in [3.05, 3.63) is 158 Å². The lowest BCUT2D eigenvalue weighted by molar-refractivity contribution is 0.663. The van der Waals surface area contributed by atoms with Gasteiger partial charge < -0.3 is 13.3 Å². The Labute approximate surface area is 310 Å². The third kappa shape index (κ3) is 3.65. The van der Waals surface area contributed by atoms with E-state index in [0.717, 1.165) is 87.9 Å². The molecule has 250 valence electrons. The summed E-state index contributed by atoms with van der Waals surface area (Å²) in [7, 11) is 0. The Balaban J connectivity index is 1.14. The topological polar surface area (TPSA) is 39.4 Å². The van der Waals surface area contributed by atoms with E-state index in [4.69, 9.17) is 13.3 Å². The van der Waals surface area contributed by atoms with E-state index in [1.54, 1.807) is 0 Å². The lowest BCUT2D eigenvalue weighted by Crippen LogP contribution is -1.91. The quantitative estimate of drug-likeness (QED) is 0.168. The molecule has 0 fully saturated rings. The normalized spacial score (nSPS) is 12.4. The van der Waals surface area contributed by atoms with Gasteiger partial charge >= 0.3 is 0 Å². The Morgan fingerprint density at radius 2 is 0.722 bits per heavy atom. The average molecular weight is 707 g/mol. The van der Waals surface area contributed by atoms with Gasteiger partial charge in [0.25, 0.3) is 0 Å². The van der Waals surface area contributed by atoms with Crippen LogP contribution < -0.4 is 0 Å². The molecular weight excluding hydrogens is 681 g/mol. The molecule has 0 N–H and O–H groups in total. The van der Waals surface area contributed by atoms with Crippen molar-refractivity contribution in [2.75, 3.05) is 0 Å². The molecule has 54 heavy (non-hydrogen) atoms. The molecule has 0 amide bonds. The highest BCUT2D eigenvalue weighted by atomic mass is 32.1. The molecule has 0 aliphatic heterocycles. The predicted molar refractivity (Wildman–Crippen MR) is 227 cm³/mol. The summed E-state index contributed by atoms with van der Waals surface area (Å²) in [5, 5.41) is 13.9. The summed E-state index contributed by atoms with van der Waals surface area (Å²) < 4.78 is 22.7. The second-order valence-electron chi connectivity index (χ2n) is 14.2. The molecule has 4 heteroatoms. The van der Waals surface area contributed by atoms with Gasteiger partial charge in [-0.05, 0) is 57.9 Å². The number of rotatable bonds is 2. The van der Waals surface area contributed by atoms with Crippen molar-refractivity contribution >= 4 is 119 Å². The van der Waals surface area contributed by atoms with Crippen molar-refractivity contribution in [3.8, 4) is 22.3 Å². The first-order chi connectivity index (χ1) is 26.8. The zero-order valence-electron chi connectivity index (χ0n) is 28.6. The molecular formula is C50H26O3S. The summed E-state index contributed by atoms with van der Waals surface area (Å²) in [4.78, 5) is 0. The summed E-state index contributed by atoms with van der Waals surface area (Å²) in [6.07, 6.45) is 0. The van der Waals surface area contributed by atoms with Crippen molar-refractivity contribution in [2.24, 2.45) is 0 Å². The molecule has 0 aliphatic rings. The van der Waals surface area contributed by atoms with Gasteiger partial charge in [-0.2, -0.15) is 0 Å². The molecule has 4 aromatic heterocycles. The van der Waals surface area contributed by atoms with Crippen LogP contribution in [0.3, 0.4) is 0 Å². The van der Waals surface area contributed by atoms with Gasteiger partial charge in [-0.1, -0.05) is 121 Å². The maximum atomic E-state index is 6.91. The van der Waals surface area contributed by atoms with E-state index in [2.05, 4.69) is 133 Å². The van der Waals surface area contributed by atoms with Crippen molar-refractivity contribution in [2.45, 2.75) is 0 Å². The molecule has 4 heterocycles. The fourth-order valence-electron chi connectivity index (χ4n) is 9.31. The van der Waals surface area contributed by atoms with Crippen LogP contribution in [-0.4, -0.2) is 0 Å². The molecule has 3 nitrogen and oxygen atoms in total. The molecule has 0 atom stereocenters. The van der Waals surface area contributed by atoms with Crippen molar-refractivity contribution < 1.29 is 13.3 Å². The number of hydrogen-bond acceptors (Lipinski definition) is 4. The number of para-hydroxylation sites is 3. The van der Waals surface area contributed by atoms with Crippen LogP contribution in [-0.2, 0) is 0 Å². The summed E-state index contributed by atoms with van der Waals surface area (Å²) in [5.41, 5.74) is 9.78. The molecule has 0 unspecified atom stereocenters. The molecule has 9 aromatic carbocycles. The van der Waals surface area contributed by atoms with Gasteiger partial charge in [-0.15, -0.1) is 11.3 Å². The first-order valence-corrected chi connectivity index (χ1v) is 19.1. The van der Waals surface area contributed by atoms with E-state index < -0.39 is 0 Å². The van der Waals surface area contributed by atoms with Crippen molar-refractivity contribution in [1.82, 2.24) is 0 Å². The van der Waals surface area contributed by atoms with Crippen LogP contribution in [0.5, 0.6) is 0 Å². The highest BCUT2D eigenvalue weighted by Gasteiger charge is 2.24. The van der Waals surface area contributed by atoms with Crippen molar-refractivity contribution in [1.29, 1.82) is 0 Å². The first kappa shape index (κ1) is 28.7. The summed E-state index contributed by atoms with van der Waals surface area (Å²) in [6.45, 7) is 0. The molecule has 0 aliphatic carbocycles. The number of hydrogen-bond donors (Lipinski definition) is 0. The Morgan fingerprint density at radius 1 is 0.278 bits per heavy atom. The van der Waals surface area contributed by atoms with E-state index in [0.29, 0.717) is 0 Å². The van der Waals surface area contributed by atoms with Crippen LogP contribution in [0.2, 0.25) is 0 Å². The third-order valence-corrected chi connectivity index (χ3v) is 12.6. The molecule has 0 radical (unpaired) electrons. The summed E-state index contributed by atoms with van der Waals surface area (Å²) >= 11 is 1.84. The van der Waals surface area contributed by atoms with Crippen LogP contribution in [0, 0.1) is 0 Å². The highest BCUT2D eigenvalue weighted by Crippen LogP contribution is 2.50. The zero-order valence-corrected chi connectivity index (χ0v) is 29.5. The fraction of sp³-hybridized carbons (Fsp3) is 0. The molecule has 0 bridgehead atoms. The number of benzene rings is 9. The molecule has 13 aromatic rings. The van der Waals surface area contributed by atoms with Gasteiger partial charge in [0.15, 0.2) is 0 Å². The number of furan rings is 3. The molecule has 0 saturated heterocycles. The minimum absolute atomic E-state index is 0.853. The molecule has 0 saturated carbocycles. The van der Waals surface area contributed by atoms with Gasteiger partial charge in [0, 0.05) is 74.7 Å². The summed E-state index contributed by atoms with van der Waals surface area (Å²) in [5.74, 6) is 0. The minimum Gasteiger partial charge on any atom is -0.456 e.